The lowest BCUT2D eigenvalue weighted by Gasteiger charge is -2.14. The molecule has 0 unspecified atom stereocenters. The van der Waals surface area contributed by atoms with Crippen molar-refractivity contribution in [1.82, 2.24) is 5.32 Å². The smallest absolute Gasteiger partial charge is 0.387 e. The minimum Gasteiger partial charge on any atom is -0.493 e. The van der Waals surface area contributed by atoms with Crippen molar-refractivity contribution in [3.05, 3.63) is 47.0 Å². The van der Waals surface area contributed by atoms with Crippen molar-refractivity contribution in [2.24, 2.45) is 0 Å². The molecule has 0 saturated heterocycles. The summed E-state index contributed by atoms with van der Waals surface area (Å²) in [6.45, 7) is -2.82. The minimum absolute atomic E-state index is 0.0351. The van der Waals surface area contributed by atoms with Gasteiger partial charge >= 0.3 is 6.61 Å². The third-order valence-corrected chi connectivity index (χ3v) is 4.51. The SMILES string of the molecule is COc1ccc(CCNC(=O)/C(C#N)=C/c2cc(OC)c(OC(F)F)c(OC)c2)cc1OC. The van der Waals surface area contributed by atoms with Gasteiger partial charge in [-0.1, -0.05) is 6.07 Å². The Bertz CT molecular complexity index is 1020. The number of carbonyl (C=O) groups excluding carboxylic acids is 1. The first-order chi connectivity index (χ1) is 15.9. The first-order valence-electron chi connectivity index (χ1n) is 9.68. The molecule has 0 aliphatic carbocycles. The second-order valence-electron chi connectivity index (χ2n) is 6.50. The molecule has 0 spiro atoms. The highest BCUT2D eigenvalue weighted by Crippen LogP contribution is 2.40. The molecule has 0 bridgehead atoms. The van der Waals surface area contributed by atoms with Crippen LogP contribution in [0.25, 0.3) is 6.08 Å². The number of hydrogen-bond donors (Lipinski definition) is 1. The molecule has 0 aliphatic heterocycles. The van der Waals surface area contributed by atoms with Gasteiger partial charge in [0, 0.05) is 6.54 Å². The van der Waals surface area contributed by atoms with Crippen molar-refractivity contribution in [1.29, 1.82) is 5.26 Å². The van der Waals surface area contributed by atoms with E-state index in [1.54, 1.807) is 12.1 Å². The number of nitriles is 1. The Labute approximate surface area is 190 Å². The van der Waals surface area contributed by atoms with Gasteiger partial charge < -0.3 is 29.0 Å². The standard InChI is InChI=1S/C23H24F2N2O6/c1-29-17-6-5-14(10-18(17)30-2)7-8-27-22(28)16(13-26)9-15-11-19(31-3)21(33-23(24)25)20(12-15)32-4/h5-6,9-12,23H,7-8H2,1-4H3,(H,27,28)/b16-9+. The fourth-order valence-electron chi connectivity index (χ4n) is 2.96. The van der Waals surface area contributed by atoms with Crippen LogP contribution < -0.4 is 29.0 Å². The predicted octanol–water partition coefficient (Wildman–Crippen LogP) is 3.59. The zero-order valence-electron chi connectivity index (χ0n) is 18.6. The van der Waals surface area contributed by atoms with E-state index < -0.39 is 12.5 Å². The van der Waals surface area contributed by atoms with Crippen molar-refractivity contribution in [2.45, 2.75) is 13.0 Å². The molecule has 2 aromatic rings. The summed E-state index contributed by atoms with van der Waals surface area (Å²) >= 11 is 0. The number of amides is 1. The van der Waals surface area contributed by atoms with Gasteiger partial charge in [0.2, 0.25) is 5.75 Å². The van der Waals surface area contributed by atoms with Gasteiger partial charge in [-0.05, 0) is 47.9 Å². The maximum absolute atomic E-state index is 12.7. The lowest BCUT2D eigenvalue weighted by Crippen LogP contribution is -2.26. The van der Waals surface area contributed by atoms with E-state index in [1.165, 1.54) is 46.6 Å². The van der Waals surface area contributed by atoms with E-state index in [2.05, 4.69) is 10.1 Å². The molecule has 0 aromatic heterocycles. The summed E-state index contributed by atoms with van der Waals surface area (Å²) in [5.74, 6) is 0.213. The second kappa shape index (κ2) is 12.1. The number of rotatable bonds is 11. The van der Waals surface area contributed by atoms with Crippen LogP contribution >= 0.6 is 0 Å². The molecule has 33 heavy (non-hydrogen) atoms. The topological polar surface area (TPSA) is 99.0 Å². The Balaban J connectivity index is 2.15. The number of nitrogens with one attached hydrogen (secondary N) is 1. The normalized spacial score (nSPS) is 10.9. The average molecular weight is 462 g/mol. The average Bonchev–Trinajstić information content (AvgIpc) is 2.82. The monoisotopic (exact) mass is 462 g/mol. The first kappa shape index (κ1) is 25.3. The summed E-state index contributed by atoms with van der Waals surface area (Å²) in [5.41, 5.74) is 1.05. The molecule has 0 radical (unpaired) electrons. The molecule has 2 aromatic carbocycles. The number of nitrogens with zero attached hydrogens (tertiary/aromatic N) is 1. The van der Waals surface area contributed by atoms with Crippen LogP contribution in [0.5, 0.6) is 28.7 Å². The van der Waals surface area contributed by atoms with Gasteiger partial charge in [0.15, 0.2) is 23.0 Å². The minimum atomic E-state index is -3.08. The number of halogens is 2. The van der Waals surface area contributed by atoms with Gasteiger partial charge in [-0.15, -0.1) is 0 Å². The van der Waals surface area contributed by atoms with Crippen molar-refractivity contribution >= 4 is 12.0 Å². The van der Waals surface area contributed by atoms with Gasteiger partial charge in [-0.3, -0.25) is 4.79 Å². The maximum atomic E-state index is 12.7. The van der Waals surface area contributed by atoms with Crippen LogP contribution in [0.15, 0.2) is 35.9 Å². The fraction of sp³-hybridized carbons (Fsp3) is 0.304. The van der Waals surface area contributed by atoms with Gasteiger partial charge in [0.05, 0.1) is 28.4 Å². The number of ether oxygens (including phenoxy) is 5. The van der Waals surface area contributed by atoms with E-state index in [9.17, 15) is 18.8 Å². The molecule has 176 valence electrons. The Morgan fingerprint density at radius 2 is 1.61 bits per heavy atom. The number of benzene rings is 2. The zero-order valence-corrected chi connectivity index (χ0v) is 18.6. The van der Waals surface area contributed by atoms with Crippen LogP contribution in [0.1, 0.15) is 11.1 Å². The number of hydrogen-bond acceptors (Lipinski definition) is 7. The summed E-state index contributed by atoms with van der Waals surface area (Å²) < 4.78 is 50.5. The van der Waals surface area contributed by atoms with E-state index in [0.29, 0.717) is 23.5 Å². The zero-order chi connectivity index (χ0) is 24.4. The Morgan fingerprint density at radius 3 is 2.12 bits per heavy atom. The van der Waals surface area contributed by atoms with Gasteiger partial charge in [0.1, 0.15) is 11.6 Å². The summed E-state index contributed by atoms with van der Waals surface area (Å²) in [6, 6.07) is 9.95. The van der Waals surface area contributed by atoms with E-state index in [1.807, 2.05) is 12.1 Å². The number of alkyl halides is 2. The van der Waals surface area contributed by atoms with Crippen LogP contribution in [-0.2, 0) is 11.2 Å². The van der Waals surface area contributed by atoms with Crippen molar-refractivity contribution in [3.63, 3.8) is 0 Å². The van der Waals surface area contributed by atoms with E-state index in [-0.39, 0.29) is 29.4 Å². The Hall–Kier alpha value is -4.00. The molecule has 0 fully saturated rings. The highest BCUT2D eigenvalue weighted by molar-refractivity contribution is 6.01. The van der Waals surface area contributed by atoms with Gasteiger partial charge in [-0.25, -0.2) is 0 Å². The second-order valence-corrected chi connectivity index (χ2v) is 6.50. The molecular formula is C23H24F2N2O6. The van der Waals surface area contributed by atoms with Crippen LogP contribution in [0.3, 0.4) is 0 Å². The largest absolute Gasteiger partial charge is 0.493 e. The molecule has 0 atom stereocenters. The summed E-state index contributed by atoms with van der Waals surface area (Å²) in [7, 11) is 5.61. The Kier molecular flexibility index (Phi) is 9.30. The summed E-state index contributed by atoms with van der Waals surface area (Å²) in [6.07, 6.45) is 1.79. The quantitative estimate of drug-likeness (QED) is 0.402. The molecule has 0 heterocycles. The molecule has 0 aliphatic rings. The molecule has 8 nitrogen and oxygen atoms in total. The molecule has 2 rings (SSSR count). The lowest BCUT2D eigenvalue weighted by molar-refractivity contribution is -0.117. The molecule has 1 N–H and O–H groups in total. The van der Waals surface area contributed by atoms with Gasteiger partial charge in [-0.2, -0.15) is 14.0 Å². The highest BCUT2D eigenvalue weighted by Gasteiger charge is 2.18. The molecule has 0 saturated carbocycles. The molecule has 1 amide bonds. The lowest BCUT2D eigenvalue weighted by atomic mass is 10.1. The summed E-state index contributed by atoms with van der Waals surface area (Å²) in [4.78, 5) is 12.5. The maximum Gasteiger partial charge on any atom is 0.387 e. The molecular weight excluding hydrogens is 438 g/mol. The van der Waals surface area contributed by atoms with Crippen LogP contribution in [0.4, 0.5) is 8.78 Å². The van der Waals surface area contributed by atoms with E-state index in [4.69, 9.17) is 18.9 Å². The highest BCUT2D eigenvalue weighted by atomic mass is 19.3. The number of methoxy groups -OCH3 is 4. The van der Waals surface area contributed by atoms with Gasteiger partial charge in [0.25, 0.3) is 5.91 Å². The van der Waals surface area contributed by atoms with Crippen molar-refractivity contribution in [3.8, 4) is 34.8 Å². The van der Waals surface area contributed by atoms with Crippen molar-refractivity contribution in [2.75, 3.05) is 35.0 Å². The van der Waals surface area contributed by atoms with E-state index in [0.717, 1.165) is 5.56 Å². The fourth-order valence-corrected chi connectivity index (χ4v) is 2.96. The summed E-state index contributed by atoms with van der Waals surface area (Å²) in [5, 5.41) is 12.1. The third kappa shape index (κ3) is 6.74. The third-order valence-electron chi connectivity index (χ3n) is 4.51. The van der Waals surface area contributed by atoms with Crippen LogP contribution in [0, 0.1) is 11.3 Å². The first-order valence-corrected chi connectivity index (χ1v) is 9.68. The predicted molar refractivity (Wildman–Crippen MR) is 116 cm³/mol. The van der Waals surface area contributed by atoms with Crippen LogP contribution in [-0.4, -0.2) is 47.5 Å². The Morgan fingerprint density at radius 1 is 1.00 bits per heavy atom. The molecule has 10 heteroatoms. The van der Waals surface area contributed by atoms with Crippen molar-refractivity contribution < 1.29 is 37.3 Å². The number of carbonyl (C=O) groups is 1. The van der Waals surface area contributed by atoms with Crippen LogP contribution in [0.2, 0.25) is 0 Å². The van der Waals surface area contributed by atoms with E-state index >= 15 is 0 Å².